The van der Waals surface area contributed by atoms with Gasteiger partial charge in [0.15, 0.2) is 5.52 Å². The van der Waals surface area contributed by atoms with Crippen molar-refractivity contribution < 1.29 is 4.79 Å². The largest absolute Gasteiger partial charge is 0.350 e. The highest BCUT2D eigenvalue weighted by Crippen LogP contribution is 2.30. The van der Waals surface area contributed by atoms with Gasteiger partial charge >= 0.3 is 0 Å². The lowest BCUT2D eigenvalue weighted by atomic mass is 10.1. The average Bonchev–Trinajstić information content (AvgIpc) is 3.12. The van der Waals surface area contributed by atoms with E-state index in [2.05, 4.69) is 15.4 Å². The zero-order valence-corrected chi connectivity index (χ0v) is 18.2. The summed E-state index contributed by atoms with van der Waals surface area (Å²) in [5.41, 5.74) is 2.07. The normalized spacial score (nSPS) is 11.0. The number of nitrogens with one attached hydrogen (secondary N) is 1. The van der Waals surface area contributed by atoms with Gasteiger partial charge in [-0.15, -0.1) is 11.3 Å². The molecule has 30 heavy (non-hydrogen) atoms. The molecule has 0 aliphatic rings. The predicted octanol–water partition coefficient (Wildman–Crippen LogP) is 4.45. The molecule has 0 saturated carbocycles. The second-order valence-corrected chi connectivity index (χ2v) is 8.64. The van der Waals surface area contributed by atoms with Crippen LogP contribution in [0.2, 0.25) is 10.0 Å². The standard InChI is InChI=1S/C21H16Cl2N4O2S/c1-12-25-19-20(30-12)18(13-6-8-15(22)9-7-13)26-27(21(19)29)11-17(28)24-10-14-4-2-3-5-16(14)23/h2-9H,10-11H2,1H3,(H,24,28). The number of benzene rings is 2. The van der Waals surface area contributed by atoms with E-state index in [1.54, 1.807) is 18.2 Å². The fourth-order valence-corrected chi connectivity index (χ4v) is 4.24. The number of amides is 1. The topological polar surface area (TPSA) is 76.9 Å². The second kappa shape index (κ2) is 8.55. The lowest BCUT2D eigenvalue weighted by Gasteiger charge is -2.10. The van der Waals surface area contributed by atoms with Crippen molar-refractivity contribution >= 4 is 50.7 Å². The third kappa shape index (κ3) is 4.23. The summed E-state index contributed by atoms with van der Waals surface area (Å²) in [6.45, 7) is 1.86. The number of halogens is 2. The fourth-order valence-electron chi connectivity index (χ4n) is 3.00. The summed E-state index contributed by atoms with van der Waals surface area (Å²) < 4.78 is 1.83. The number of thiazole rings is 1. The Balaban J connectivity index is 1.66. The van der Waals surface area contributed by atoms with E-state index in [4.69, 9.17) is 23.2 Å². The van der Waals surface area contributed by atoms with Crippen LogP contribution in [0.25, 0.3) is 21.5 Å². The summed E-state index contributed by atoms with van der Waals surface area (Å²) in [5.74, 6) is -0.349. The molecule has 152 valence electrons. The summed E-state index contributed by atoms with van der Waals surface area (Å²) in [6, 6.07) is 14.4. The molecule has 0 fully saturated rings. The van der Waals surface area contributed by atoms with E-state index in [1.165, 1.54) is 11.3 Å². The van der Waals surface area contributed by atoms with E-state index in [9.17, 15) is 9.59 Å². The first-order valence-electron chi connectivity index (χ1n) is 9.06. The van der Waals surface area contributed by atoms with Crippen LogP contribution in [0.1, 0.15) is 10.6 Å². The minimum absolute atomic E-state index is 0.226. The lowest BCUT2D eigenvalue weighted by Crippen LogP contribution is -2.33. The summed E-state index contributed by atoms with van der Waals surface area (Å²) in [6.07, 6.45) is 0. The molecule has 0 aliphatic carbocycles. The van der Waals surface area contributed by atoms with Crippen LogP contribution in [0.4, 0.5) is 0 Å². The molecular weight excluding hydrogens is 443 g/mol. The number of nitrogens with zero attached hydrogens (tertiary/aromatic N) is 3. The molecular formula is C21H16Cl2N4O2S. The van der Waals surface area contributed by atoms with Crippen molar-refractivity contribution in [3.05, 3.63) is 79.5 Å². The molecule has 0 aliphatic heterocycles. The number of hydrogen-bond acceptors (Lipinski definition) is 5. The molecule has 0 spiro atoms. The molecule has 1 N–H and O–H groups in total. The molecule has 0 saturated heterocycles. The monoisotopic (exact) mass is 458 g/mol. The first kappa shape index (κ1) is 20.5. The first-order valence-corrected chi connectivity index (χ1v) is 10.6. The van der Waals surface area contributed by atoms with Gasteiger partial charge in [0.1, 0.15) is 12.2 Å². The van der Waals surface area contributed by atoms with Gasteiger partial charge in [0, 0.05) is 22.2 Å². The molecule has 9 heteroatoms. The Morgan fingerprint density at radius 3 is 2.60 bits per heavy atom. The fraction of sp³-hybridized carbons (Fsp3) is 0.143. The predicted molar refractivity (Wildman–Crippen MR) is 120 cm³/mol. The molecule has 0 bridgehead atoms. The van der Waals surface area contributed by atoms with Crippen LogP contribution in [0.3, 0.4) is 0 Å². The molecule has 2 heterocycles. The van der Waals surface area contributed by atoms with E-state index in [0.717, 1.165) is 20.8 Å². The molecule has 0 unspecified atom stereocenters. The smallest absolute Gasteiger partial charge is 0.294 e. The first-order chi connectivity index (χ1) is 14.4. The Labute approximate surface area is 186 Å². The minimum Gasteiger partial charge on any atom is -0.350 e. The summed E-state index contributed by atoms with van der Waals surface area (Å²) >= 11 is 13.5. The highest BCUT2D eigenvalue weighted by molar-refractivity contribution is 7.19. The summed E-state index contributed by atoms with van der Waals surface area (Å²) in [4.78, 5) is 29.7. The van der Waals surface area contributed by atoms with Gasteiger partial charge in [-0.1, -0.05) is 53.5 Å². The highest BCUT2D eigenvalue weighted by Gasteiger charge is 2.18. The van der Waals surface area contributed by atoms with Gasteiger partial charge in [-0.3, -0.25) is 9.59 Å². The second-order valence-electron chi connectivity index (χ2n) is 6.60. The van der Waals surface area contributed by atoms with Gasteiger partial charge in [-0.25, -0.2) is 9.67 Å². The highest BCUT2D eigenvalue weighted by atomic mass is 35.5. The van der Waals surface area contributed by atoms with E-state index in [0.29, 0.717) is 26.0 Å². The van der Waals surface area contributed by atoms with Crippen LogP contribution in [0.15, 0.2) is 53.3 Å². The van der Waals surface area contributed by atoms with E-state index in [1.807, 2.05) is 37.3 Å². The third-order valence-corrected chi connectivity index (χ3v) is 6.05. The number of rotatable bonds is 5. The number of aryl methyl sites for hydroxylation is 1. The number of carbonyl (C=O) groups excluding carboxylic acids is 1. The maximum absolute atomic E-state index is 12.9. The SMILES string of the molecule is Cc1nc2c(=O)n(CC(=O)NCc3ccccc3Cl)nc(-c3ccc(Cl)cc3)c2s1. The zero-order chi connectivity index (χ0) is 21.3. The lowest BCUT2D eigenvalue weighted by molar-refractivity contribution is -0.122. The van der Waals surface area contributed by atoms with Crippen LogP contribution in [0, 0.1) is 6.92 Å². The zero-order valence-electron chi connectivity index (χ0n) is 15.9. The van der Waals surface area contributed by atoms with Gasteiger partial charge in [0.05, 0.1) is 9.71 Å². The maximum Gasteiger partial charge on any atom is 0.294 e. The third-order valence-electron chi connectivity index (χ3n) is 4.45. The Morgan fingerprint density at radius 1 is 1.13 bits per heavy atom. The molecule has 2 aromatic heterocycles. The molecule has 4 aromatic rings. The van der Waals surface area contributed by atoms with Crippen LogP contribution in [-0.2, 0) is 17.9 Å². The Morgan fingerprint density at radius 2 is 1.87 bits per heavy atom. The van der Waals surface area contributed by atoms with Crippen molar-refractivity contribution in [2.75, 3.05) is 0 Å². The van der Waals surface area contributed by atoms with Crippen LogP contribution in [0.5, 0.6) is 0 Å². The Kier molecular flexibility index (Phi) is 5.85. The molecule has 6 nitrogen and oxygen atoms in total. The number of aromatic nitrogens is 3. The van der Waals surface area contributed by atoms with Crippen molar-refractivity contribution in [2.45, 2.75) is 20.0 Å². The van der Waals surface area contributed by atoms with Gasteiger partial charge in [0.25, 0.3) is 5.56 Å². The maximum atomic E-state index is 12.9. The van der Waals surface area contributed by atoms with Crippen molar-refractivity contribution in [3.8, 4) is 11.3 Å². The van der Waals surface area contributed by atoms with Gasteiger partial charge in [0.2, 0.25) is 5.91 Å². The van der Waals surface area contributed by atoms with E-state index >= 15 is 0 Å². The van der Waals surface area contributed by atoms with E-state index < -0.39 is 5.56 Å². The van der Waals surface area contributed by atoms with E-state index in [-0.39, 0.29) is 19.0 Å². The minimum atomic E-state index is -0.403. The van der Waals surface area contributed by atoms with Crippen LogP contribution < -0.4 is 10.9 Å². The van der Waals surface area contributed by atoms with Crippen molar-refractivity contribution in [1.82, 2.24) is 20.1 Å². The number of carbonyl (C=O) groups is 1. The molecule has 1 amide bonds. The average molecular weight is 459 g/mol. The van der Waals surface area contributed by atoms with Gasteiger partial charge < -0.3 is 5.32 Å². The molecule has 4 rings (SSSR count). The van der Waals surface area contributed by atoms with Gasteiger partial charge in [-0.2, -0.15) is 5.10 Å². The number of hydrogen-bond donors (Lipinski definition) is 1. The van der Waals surface area contributed by atoms with Gasteiger partial charge in [-0.05, 0) is 30.7 Å². The number of fused-ring (bicyclic) bond motifs is 1. The Hall–Kier alpha value is -2.74. The van der Waals surface area contributed by atoms with Crippen LogP contribution >= 0.6 is 34.5 Å². The van der Waals surface area contributed by atoms with Crippen molar-refractivity contribution in [2.24, 2.45) is 0 Å². The summed E-state index contributed by atoms with van der Waals surface area (Å²) in [5, 5.41) is 9.16. The quantitative estimate of drug-likeness (QED) is 0.479. The Bertz CT molecular complexity index is 1300. The molecule has 0 radical (unpaired) electrons. The van der Waals surface area contributed by atoms with Crippen molar-refractivity contribution in [3.63, 3.8) is 0 Å². The van der Waals surface area contributed by atoms with Crippen molar-refractivity contribution in [1.29, 1.82) is 0 Å². The van der Waals surface area contributed by atoms with Crippen LogP contribution in [-0.4, -0.2) is 20.7 Å². The molecule has 2 aromatic carbocycles. The summed E-state index contributed by atoms with van der Waals surface area (Å²) in [7, 11) is 0. The molecule has 0 atom stereocenters.